The molecule has 0 fully saturated rings. The quantitative estimate of drug-likeness (QED) is 0.0336. The van der Waals surface area contributed by atoms with Crippen molar-refractivity contribution in [3.05, 3.63) is 131 Å². The molecule has 0 radical (unpaired) electrons. The molecule has 0 saturated heterocycles. The van der Waals surface area contributed by atoms with E-state index in [1.165, 1.54) is 0 Å². The Morgan fingerprint density at radius 1 is 0.500 bits per heavy atom. The molecule has 60 heavy (non-hydrogen) atoms. The lowest BCUT2D eigenvalue weighted by Gasteiger charge is -2.24. The van der Waals surface area contributed by atoms with E-state index in [4.69, 9.17) is 18.9 Å². The van der Waals surface area contributed by atoms with Crippen LogP contribution in [0.2, 0.25) is 0 Å². The van der Waals surface area contributed by atoms with Crippen molar-refractivity contribution in [2.45, 2.75) is 115 Å². The Hall–Kier alpha value is -3.92. The average molecular weight is 833 g/mol. The first-order valence-corrected chi connectivity index (χ1v) is 21.2. The van der Waals surface area contributed by atoms with Crippen molar-refractivity contribution >= 4 is 0 Å². The SMILES string of the molecule is CC(O)COC(C)COCC(Cc1ccc(O)c(C[C@H](O)CO[C@@H](C)COCC(Cc2ccc(O)cc2)NC(O)CCc2ccccc2)c1)NC(O)CCc1ccccc1. The highest BCUT2D eigenvalue weighted by molar-refractivity contribution is 5.37. The van der Waals surface area contributed by atoms with Gasteiger partial charge in [-0.3, -0.25) is 10.6 Å². The lowest BCUT2D eigenvalue weighted by Crippen LogP contribution is -2.43. The van der Waals surface area contributed by atoms with Crippen molar-refractivity contribution in [1.82, 2.24) is 10.6 Å². The third kappa shape index (κ3) is 20.1. The van der Waals surface area contributed by atoms with E-state index in [0.29, 0.717) is 57.5 Å². The highest BCUT2D eigenvalue weighted by Crippen LogP contribution is 2.22. The van der Waals surface area contributed by atoms with E-state index in [9.17, 15) is 30.6 Å². The zero-order chi connectivity index (χ0) is 43.1. The fourth-order valence-electron chi connectivity index (χ4n) is 6.81. The predicted molar refractivity (Wildman–Crippen MR) is 233 cm³/mol. The Labute approximate surface area is 356 Å². The third-order valence-corrected chi connectivity index (χ3v) is 9.99. The molecular weight excluding hydrogens is 765 g/mol. The summed E-state index contributed by atoms with van der Waals surface area (Å²) < 4.78 is 23.6. The first-order valence-electron chi connectivity index (χ1n) is 21.2. The van der Waals surface area contributed by atoms with E-state index in [1.54, 1.807) is 25.1 Å². The van der Waals surface area contributed by atoms with Gasteiger partial charge in [-0.15, -0.1) is 0 Å². The van der Waals surface area contributed by atoms with Gasteiger partial charge in [-0.1, -0.05) is 84.9 Å². The Bertz CT molecular complexity index is 1720. The summed E-state index contributed by atoms with van der Waals surface area (Å²) in [5, 5.41) is 69.3. The molecule has 0 aliphatic carbocycles. The maximum absolute atomic E-state index is 11.0. The number of aromatic hydroxyl groups is 2. The number of aliphatic hydroxyl groups is 4. The molecule has 8 atom stereocenters. The first-order chi connectivity index (χ1) is 28.9. The Morgan fingerprint density at radius 3 is 1.50 bits per heavy atom. The second-order valence-electron chi connectivity index (χ2n) is 15.9. The molecule has 4 aromatic carbocycles. The summed E-state index contributed by atoms with van der Waals surface area (Å²) in [6, 6.07) is 31.8. The van der Waals surface area contributed by atoms with Crippen molar-refractivity contribution in [1.29, 1.82) is 0 Å². The van der Waals surface area contributed by atoms with Gasteiger partial charge in [0.05, 0.1) is 64.1 Å². The summed E-state index contributed by atoms with van der Waals surface area (Å²) in [6.07, 6.45) is 0.196. The van der Waals surface area contributed by atoms with Crippen LogP contribution in [0.3, 0.4) is 0 Å². The summed E-state index contributed by atoms with van der Waals surface area (Å²) in [5.41, 5.74) is 4.75. The number of rotatable bonds is 30. The summed E-state index contributed by atoms with van der Waals surface area (Å²) in [6.45, 7) is 6.84. The maximum Gasteiger partial charge on any atom is 0.118 e. The molecule has 6 unspecified atom stereocenters. The number of hydrogen-bond acceptors (Lipinski definition) is 12. The molecule has 8 N–H and O–H groups in total. The minimum atomic E-state index is -0.891. The second kappa shape index (κ2) is 27.1. The molecule has 0 aliphatic heterocycles. The van der Waals surface area contributed by atoms with E-state index >= 15 is 0 Å². The minimum absolute atomic E-state index is 0.0303. The summed E-state index contributed by atoms with van der Waals surface area (Å²) in [7, 11) is 0. The van der Waals surface area contributed by atoms with Gasteiger partial charge in [-0.05, 0) is 105 Å². The van der Waals surface area contributed by atoms with Gasteiger partial charge < -0.3 is 49.6 Å². The number of phenolic OH excluding ortho intramolecular Hbond substituents is 2. The fourth-order valence-corrected chi connectivity index (χ4v) is 6.81. The fraction of sp³-hybridized carbons (Fsp3) is 0.500. The monoisotopic (exact) mass is 832 g/mol. The number of ether oxygens (including phenoxy) is 4. The predicted octanol–water partition coefficient (Wildman–Crippen LogP) is 4.83. The molecule has 0 aliphatic rings. The largest absolute Gasteiger partial charge is 0.508 e. The molecule has 12 nitrogen and oxygen atoms in total. The summed E-state index contributed by atoms with van der Waals surface area (Å²) in [4.78, 5) is 0. The maximum atomic E-state index is 11.0. The van der Waals surface area contributed by atoms with E-state index in [1.807, 2.05) is 98.8 Å². The van der Waals surface area contributed by atoms with Gasteiger partial charge in [0.15, 0.2) is 0 Å². The van der Waals surface area contributed by atoms with Crippen molar-refractivity contribution in [3.63, 3.8) is 0 Å². The molecule has 0 spiro atoms. The van der Waals surface area contributed by atoms with Crippen LogP contribution in [-0.4, -0.2) is 119 Å². The van der Waals surface area contributed by atoms with Gasteiger partial charge in [-0.2, -0.15) is 0 Å². The van der Waals surface area contributed by atoms with Crippen molar-refractivity contribution < 1.29 is 49.6 Å². The normalized spacial score (nSPS) is 15.8. The number of hydrogen-bond donors (Lipinski definition) is 8. The second-order valence-corrected chi connectivity index (χ2v) is 15.9. The summed E-state index contributed by atoms with van der Waals surface area (Å²) >= 11 is 0. The first kappa shape index (κ1) is 48.7. The van der Waals surface area contributed by atoms with Crippen LogP contribution in [0.4, 0.5) is 0 Å². The van der Waals surface area contributed by atoms with Gasteiger partial charge in [0.2, 0.25) is 0 Å². The van der Waals surface area contributed by atoms with Gasteiger partial charge in [0.1, 0.15) is 24.0 Å². The summed E-state index contributed by atoms with van der Waals surface area (Å²) in [5.74, 6) is 0.259. The van der Waals surface area contributed by atoms with Crippen molar-refractivity contribution in [2.24, 2.45) is 0 Å². The Balaban J connectivity index is 1.26. The molecule has 0 amide bonds. The van der Waals surface area contributed by atoms with Crippen molar-refractivity contribution in [3.8, 4) is 11.5 Å². The van der Waals surface area contributed by atoms with Crippen LogP contribution >= 0.6 is 0 Å². The molecule has 12 heteroatoms. The van der Waals surface area contributed by atoms with E-state index in [-0.39, 0.29) is 62.0 Å². The topological polar surface area (TPSA) is 182 Å². The molecule has 0 bridgehead atoms. The van der Waals surface area contributed by atoms with Crippen LogP contribution in [-0.2, 0) is 51.1 Å². The standard InChI is InChI=1S/C48H68N2O10/c1-34(51)28-59-35(2)29-57-32-43(50-48(56)23-18-38-12-8-5-9-13-38)26-40-16-21-46(54)41(24-40)27-45(53)33-60-36(3)30-58-31-42(25-39-14-19-44(52)20-15-39)49-47(55)22-17-37-10-6-4-7-11-37/h4-16,19-21,24,34-36,42-43,45,47-56H,17-18,22-23,25-33H2,1-3H3/t34?,35?,36-,42?,43?,45-,47?,48?/m0/s1. The van der Waals surface area contributed by atoms with Crippen LogP contribution in [0.5, 0.6) is 11.5 Å². The van der Waals surface area contributed by atoms with Crippen LogP contribution in [0.1, 0.15) is 61.4 Å². The third-order valence-electron chi connectivity index (χ3n) is 9.99. The number of phenols is 2. The number of aliphatic hydroxyl groups excluding tert-OH is 4. The minimum Gasteiger partial charge on any atom is -0.508 e. The van der Waals surface area contributed by atoms with Crippen LogP contribution in [0.15, 0.2) is 103 Å². The molecule has 4 rings (SSSR count). The lowest BCUT2D eigenvalue weighted by atomic mass is 9.99. The highest BCUT2D eigenvalue weighted by Gasteiger charge is 2.19. The lowest BCUT2D eigenvalue weighted by molar-refractivity contribution is -0.0452. The molecular formula is C48H68N2O10. The Morgan fingerprint density at radius 2 is 0.983 bits per heavy atom. The molecule has 0 heterocycles. The number of aryl methyl sites for hydroxylation is 2. The zero-order valence-electron chi connectivity index (χ0n) is 35.4. The van der Waals surface area contributed by atoms with E-state index in [2.05, 4.69) is 10.6 Å². The van der Waals surface area contributed by atoms with E-state index in [0.717, 1.165) is 28.7 Å². The van der Waals surface area contributed by atoms with Crippen LogP contribution in [0, 0.1) is 0 Å². The van der Waals surface area contributed by atoms with Gasteiger partial charge in [-0.25, -0.2) is 0 Å². The molecule has 4 aromatic rings. The smallest absolute Gasteiger partial charge is 0.118 e. The zero-order valence-corrected chi connectivity index (χ0v) is 35.4. The number of benzene rings is 4. The van der Waals surface area contributed by atoms with Crippen LogP contribution in [0.25, 0.3) is 0 Å². The Kier molecular flexibility index (Phi) is 22.0. The van der Waals surface area contributed by atoms with Crippen molar-refractivity contribution in [2.75, 3.05) is 39.6 Å². The molecule has 330 valence electrons. The van der Waals surface area contributed by atoms with Gasteiger partial charge in [0, 0.05) is 18.5 Å². The van der Waals surface area contributed by atoms with Gasteiger partial charge >= 0.3 is 0 Å². The highest BCUT2D eigenvalue weighted by atomic mass is 16.5. The molecule has 0 aromatic heterocycles. The number of nitrogens with one attached hydrogen (secondary N) is 2. The molecule has 0 saturated carbocycles. The average Bonchev–Trinajstić information content (AvgIpc) is 3.23. The van der Waals surface area contributed by atoms with E-state index < -0.39 is 24.7 Å². The van der Waals surface area contributed by atoms with Gasteiger partial charge in [0.25, 0.3) is 0 Å². The van der Waals surface area contributed by atoms with Crippen LogP contribution < -0.4 is 10.6 Å².